The molecular weight excluding hydrogens is 348 g/mol. The highest BCUT2D eigenvalue weighted by atomic mass is 16.2. The van der Waals surface area contributed by atoms with Gasteiger partial charge in [-0.25, -0.2) is 0 Å². The fraction of sp³-hybridized carbons (Fsp3) is 0.0435. The van der Waals surface area contributed by atoms with Crippen molar-refractivity contribution < 1.29 is 4.79 Å². The summed E-state index contributed by atoms with van der Waals surface area (Å²) in [6, 6.07) is 21.4. The summed E-state index contributed by atoms with van der Waals surface area (Å²) < 4.78 is 0. The predicted molar refractivity (Wildman–Crippen MR) is 113 cm³/mol. The smallest absolute Gasteiger partial charge is 0.259 e. The van der Waals surface area contributed by atoms with Crippen LogP contribution in [0.15, 0.2) is 66.7 Å². The maximum Gasteiger partial charge on any atom is 0.259 e. The molecule has 1 aliphatic rings. The first-order valence-electron chi connectivity index (χ1n) is 9.12. The van der Waals surface area contributed by atoms with Crippen molar-refractivity contribution in [1.29, 1.82) is 0 Å². The number of nitrogens with one attached hydrogen (secondary N) is 1. The first-order chi connectivity index (χ1) is 13.7. The SMILES string of the molecule is Nc1cccc2c1CN(c1ccccc1C=Cc1n[nH]c3ccccc13)C2=O. The number of nitrogens with two attached hydrogens (primary N) is 1. The van der Waals surface area contributed by atoms with Crippen molar-refractivity contribution >= 4 is 40.3 Å². The van der Waals surface area contributed by atoms with Crippen LogP contribution in [-0.4, -0.2) is 16.1 Å². The van der Waals surface area contributed by atoms with Crippen molar-refractivity contribution in [3.63, 3.8) is 0 Å². The molecule has 3 aromatic carbocycles. The number of fused-ring (bicyclic) bond motifs is 2. The minimum absolute atomic E-state index is 0.0200. The van der Waals surface area contributed by atoms with E-state index in [1.165, 1.54) is 0 Å². The second-order valence-corrected chi connectivity index (χ2v) is 6.81. The van der Waals surface area contributed by atoms with Crippen molar-refractivity contribution in [3.8, 4) is 0 Å². The van der Waals surface area contributed by atoms with Gasteiger partial charge in [0.2, 0.25) is 0 Å². The average molecular weight is 366 g/mol. The van der Waals surface area contributed by atoms with Crippen molar-refractivity contribution in [3.05, 3.63) is 89.1 Å². The number of carbonyl (C=O) groups excluding carboxylic acids is 1. The van der Waals surface area contributed by atoms with Gasteiger partial charge in [0.1, 0.15) is 0 Å². The average Bonchev–Trinajstić information content (AvgIpc) is 3.29. The van der Waals surface area contributed by atoms with Gasteiger partial charge in [0.15, 0.2) is 0 Å². The number of aromatic nitrogens is 2. The second kappa shape index (κ2) is 6.39. The number of anilines is 2. The van der Waals surface area contributed by atoms with Gasteiger partial charge in [-0.05, 0) is 35.9 Å². The van der Waals surface area contributed by atoms with Gasteiger partial charge in [-0.2, -0.15) is 5.10 Å². The lowest BCUT2D eigenvalue weighted by molar-refractivity contribution is 0.0996. The van der Waals surface area contributed by atoms with Crippen LogP contribution < -0.4 is 10.6 Å². The van der Waals surface area contributed by atoms with Crippen LogP contribution in [0.25, 0.3) is 23.1 Å². The van der Waals surface area contributed by atoms with E-state index in [9.17, 15) is 4.79 Å². The molecule has 0 saturated carbocycles. The third-order valence-electron chi connectivity index (χ3n) is 5.15. The second-order valence-electron chi connectivity index (χ2n) is 6.81. The molecule has 136 valence electrons. The number of nitrogens with zero attached hydrogens (tertiary/aromatic N) is 2. The molecule has 0 atom stereocenters. The predicted octanol–water partition coefficient (Wildman–Crippen LogP) is 4.48. The monoisotopic (exact) mass is 366 g/mol. The van der Waals surface area contributed by atoms with Gasteiger partial charge in [0.05, 0.1) is 23.4 Å². The number of rotatable bonds is 3. The van der Waals surface area contributed by atoms with Gasteiger partial charge >= 0.3 is 0 Å². The molecule has 1 aliphatic heterocycles. The quantitative estimate of drug-likeness (QED) is 0.525. The van der Waals surface area contributed by atoms with Crippen LogP contribution in [0.4, 0.5) is 11.4 Å². The van der Waals surface area contributed by atoms with Gasteiger partial charge in [0.25, 0.3) is 5.91 Å². The summed E-state index contributed by atoms with van der Waals surface area (Å²) in [5, 5.41) is 8.49. The minimum atomic E-state index is -0.0200. The summed E-state index contributed by atoms with van der Waals surface area (Å²) in [4.78, 5) is 14.7. The Kier molecular flexibility index (Phi) is 3.72. The largest absolute Gasteiger partial charge is 0.398 e. The topological polar surface area (TPSA) is 75.0 Å². The Morgan fingerprint density at radius 3 is 2.68 bits per heavy atom. The molecule has 0 fully saturated rings. The Hall–Kier alpha value is -3.86. The molecule has 3 N–H and O–H groups in total. The van der Waals surface area contributed by atoms with Gasteiger partial charge in [-0.15, -0.1) is 0 Å². The van der Waals surface area contributed by atoms with Crippen molar-refractivity contribution in [1.82, 2.24) is 10.2 Å². The highest BCUT2D eigenvalue weighted by Crippen LogP contribution is 2.34. The Bertz CT molecular complexity index is 1240. The van der Waals surface area contributed by atoms with E-state index in [4.69, 9.17) is 5.73 Å². The number of benzene rings is 3. The first kappa shape index (κ1) is 16.3. The molecule has 0 spiro atoms. The number of carbonyl (C=O) groups is 1. The van der Waals surface area contributed by atoms with E-state index in [-0.39, 0.29) is 5.91 Å². The zero-order valence-corrected chi connectivity index (χ0v) is 15.1. The molecular formula is C23H18N4O. The van der Waals surface area contributed by atoms with E-state index in [1.54, 1.807) is 4.90 Å². The normalized spacial score (nSPS) is 13.6. The van der Waals surface area contributed by atoms with E-state index in [1.807, 2.05) is 78.9 Å². The molecule has 5 rings (SSSR count). The number of hydrogen-bond donors (Lipinski definition) is 2. The lowest BCUT2D eigenvalue weighted by Gasteiger charge is -2.18. The van der Waals surface area contributed by atoms with Gasteiger partial charge in [-0.1, -0.05) is 48.5 Å². The van der Waals surface area contributed by atoms with Crippen LogP contribution in [-0.2, 0) is 6.54 Å². The lowest BCUT2D eigenvalue weighted by Crippen LogP contribution is -2.23. The third kappa shape index (κ3) is 2.56. The highest BCUT2D eigenvalue weighted by Gasteiger charge is 2.30. The fourth-order valence-corrected chi connectivity index (χ4v) is 3.71. The summed E-state index contributed by atoms with van der Waals surface area (Å²) in [5.74, 6) is -0.0200. The zero-order valence-electron chi connectivity index (χ0n) is 15.1. The summed E-state index contributed by atoms with van der Waals surface area (Å²) >= 11 is 0. The van der Waals surface area contributed by atoms with Gasteiger partial charge in [-0.3, -0.25) is 9.89 Å². The van der Waals surface area contributed by atoms with Gasteiger partial charge in [0, 0.05) is 22.2 Å². The maximum absolute atomic E-state index is 12.9. The summed E-state index contributed by atoms with van der Waals surface area (Å²) in [7, 11) is 0. The van der Waals surface area contributed by atoms with Crippen LogP contribution in [0.3, 0.4) is 0 Å². The van der Waals surface area contributed by atoms with E-state index < -0.39 is 0 Å². The Morgan fingerprint density at radius 2 is 1.79 bits per heavy atom. The molecule has 5 heteroatoms. The number of hydrogen-bond acceptors (Lipinski definition) is 3. The molecule has 0 aliphatic carbocycles. The van der Waals surface area contributed by atoms with Crippen molar-refractivity contribution in [2.45, 2.75) is 6.54 Å². The van der Waals surface area contributed by atoms with Crippen LogP contribution in [0, 0.1) is 0 Å². The number of H-pyrrole nitrogens is 1. The third-order valence-corrected chi connectivity index (χ3v) is 5.15. The van der Waals surface area contributed by atoms with Crippen LogP contribution in [0.2, 0.25) is 0 Å². The highest BCUT2D eigenvalue weighted by molar-refractivity contribution is 6.12. The molecule has 4 aromatic rings. The molecule has 5 nitrogen and oxygen atoms in total. The Balaban J connectivity index is 1.52. The molecule has 1 amide bonds. The minimum Gasteiger partial charge on any atom is -0.398 e. The van der Waals surface area contributed by atoms with Crippen LogP contribution >= 0.6 is 0 Å². The summed E-state index contributed by atoms with van der Waals surface area (Å²) in [5.41, 5.74) is 12.0. The molecule has 2 heterocycles. The van der Waals surface area contributed by atoms with Crippen molar-refractivity contribution in [2.75, 3.05) is 10.6 Å². The van der Waals surface area contributed by atoms with Crippen molar-refractivity contribution in [2.24, 2.45) is 0 Å². The number of para-hydroxylation sites is 2. The summed E-state index contributed by atoms with van der Waals surface area (Å²) in [6.07, 6.45) is 3.97. The number of aromatic amines is 1. The fourth-order valence-electron chi connectivity index (χ4n) is 3.71. The van der Waals surface area contributed by atoms with E-state index in [2.05, 4.69) is 10.2 Å². The van der Waals surface area contributed by atoms with E-state index in [0.717, 1.165) is 33.4 Å². The standard InChI is InChI=1S/C23H18N4O/c24-19-9-5-8-16-18(19)14-27(23(16)28)22-11-4-1-6-15(22)12-13-21-17-7-2-3-10-20(17)25-26-21/h1-13H,14,24H2,(H,25,26). The summed E-state index contributed by atoms with van der Waals surface area (Å²) in [6.45, 7) is 0.483. The molecule has 0 unspecified atom stereocenters. The molecule has 0 bridgehead atoms. The molecule has 0 radical (unpaired) electrons. The molecule has 28 heavy (non-hydrogen) atoms. The van der Waals surface area contributed by atoms with E-state index >= 15 is 0 Å². The number of amides is 1. The Labute approximate surface area is 162 Å². The first-order valence-corrected chi connectivity index (χ1v) is 9.12. The van der Waals surface area contributed by atoms with Gasteiger partial charge < -0.3 is 10.6 Å². The number of nitrogen functional groups attached to an aromatic ring is 1. The molecule has 0 saturated heterocycles. The maximum atomic E-state index is 12.9. The van der Waals surface area contributed by atoms with Crippen LogP contribution in [0.5, 0.6) is 0 Å². The Morgan fingerprint density at radius 1 is 0.964 bits per heavy atom. The zero-order chi connectivity index (χ0) is 19.1. The lowest BCUT2D eigenvalue weighted by atomic mass is 10.1. The van der Waals surface area contributed by atoms with Crippen LogP contribution in [0.1, 0.15) is 27.2 Å². The van der Waals surface area contributed by atoms with E-state index in [0.29, 0.717) is 17.8 Å². The molecule has 1 aromatic heterocycles.